The number of rotatable bonds is 2. The van der Waals surface area contributed by atoms with Gasteiger partial charge in [-0.2, -0.15) is 0 Å². The second kappa shape index (κ2) is 4.08. The second-order valence-electron chi connectivity index (χ2n) is 5.29. The number of amides is 1. The summed E-state index contributed by atoms with van der Waals surface area (Å²) in [5.41, 5.74) is -0.445. The first-order valence-electron chi connectivity index (χ1n) is 5.72. The zero-order chi connectivity index (χ0) is 12.8. The maximum Gasteiger partial charge on any atom is 0.307 e. The number of carbonyl (C=O) groups is 2. The molecule has 0 aromatic heterocycles. The van der Waals surface area contributed by atoms with Gasteiger partial charge in [-0.3, -0.25) is 13.8 Å². The van der Waals surface area contributed by atoms with Crippen LogP contribution in [0.25, 0.3) is 0 Å². The van der Waals surface area contributed by atoms with E-state index in [9.17, 15) is 13.8 Å². The van der Waals surface area contributed by atoms with Gasteiger partial charge in [0.15, 0.2) is 0 Å². The van der Waals surface area contributed by atoms with Gasteiger partial charge in [0.2, 0.25) is 5.91 Å². The van der Waals surface area contributed by atoms with Crippen LogP contribution in [0.15, 0.2) is 0 Å². The fraction of sp³-hybridized carbons (Fsp3) is 0.818. The van der Waals surface area contributed by atoms with E-state index in [1.54, 1.807) is 4.90 Å². The summed E-state index contributed by atoms with van der Waals surface area (Å²) >= 11 is 0. The smallest absolute Gasteiger partial charge is 0.307 e. The molecule has 5 nitrogen and oxygen atoms in total. The summed E-state index contributed by atoms with van der Waals surface area (Å²) in [4.78, 5) is 24.8. The third-order valence-corrected chi connectivity index (χ3v) is 5.12. The fourth-order valence-electron chi connectivity index (χ4n) is 2.61. The third kappa shape index (κ3) is 2.10. The molecule has 0 bridgehead atoms. The van der Waals surface area contributed by atoms with Gasteiger partial charge in [-0.1, -0.05) is 13.8 Å². The Kier molecular flexibility index (Phi) is 3.01. The minimum Gasteiger partial charge on any atom is -0.481 e. The van der Waals surface area contributed by atoms with Gasteiger partial charge in [0.05, 0.1) is 11.8 Å². The zero-order valence-corrected chi connectivity index (χ0v) is 10.8. The van der Waals surface area contributed by atoms with E-state index >= 15 is 0 Å². The molecule has 0 aromatic rings. The number of hydrogen-bond donors (Lipinski definition) is 1. The molecule has 0 aromatic carbocycles. The summed E-state index contributed by atoms with van der Waals surface area (Å²) in [7, 11) is -0.817. The Labute approximate surface area is 103 Å². The molecular formula is C11H17NO4S. The maximum absolute atomic E-state index is 12.2. The van der Waals surface area contributed by atoms with Crippen LogP contribution < -0.4 is 0 Å². The normalized spacial score (nSPS) is 32.2. The Morgan fingerprint density at radius 3 is 2.18 bits per heavy atom. The Morgan fingerprint density at radius 1 is 1.24 bits per heavy atom. The second-order valence-corrected chi connectivity index (χ2v) is 6.98. The van der Waals surface area contributed by atoms with Crippen molar-refractivity contribution in [3.63, 3.8) is 0 Å². The average Bonchev–Trinajstić information content (AvgIpc) is 2.82. The molecule has 96 valence electrons. The summed E-state index contributed by atoms with van der Waals surface area (Å²) < 4.78 is 11.2. The molecule has 2 rings (SSSR count). The van der Waals surface area contributed by atoms with Crippen LogP contribution in [0, 0.1) is 17.3 Å². The lowest BCUT2D eigenvalue weighted by Crippen LogP contribution is -2.43. The molecule has 0 radical (unpaired) electrons. The highest BCUT2D eigenvalue weighted by Gasteiger charge is 2.66. The molecule has 6 heteroatoms. The summed E-state index contributed by atoms with van der Waals surface area (Å²) in [5.74, 6) is -0.935. The highest BCUT2D eigenvalue weighted by Crippen LogP contribution is 2.59. The van der Waals surface area contributed by atoms with E-state index in [0.717, 1.165) is 0 Å². The van der Waals surface area contributed by atoms with Crippen molar-refractivity contribution in [2.75, 3.05) is 24.6 Å². The van der Waals surface area contributed by atoms with Gasteiger partial charge in [-0.15, -0.1) is 0 Å². The van der Waals surface area contributed by atoms with Gasteiger partial charge in [-0.25, -0.2) is 0 Å². The SMILES string of the molecule is CC1(C)[C@H](C(=O)O)[C@@H]1C(=O)N1CCS(=O)CC1. The van der Waals surface area contributed by atoms with Gasteiger partial charge in [0.25, 0.3) is 0 Å². The first kappa shape index (κ1) is 12.5. The van der Waals surface area contributed by atoms with Crippen molar-refractivity contribution < 1.29 is 18.9 Å². The maximum atomic E-state index is 12.2. The molecule has 1 aliphatic heterocycles. The molecule has 1 saturated carbocycles. The van der Waals surface area contributed by atoms with Gasteiger partial charge in [-0.05, 0) is 5.41 Å². The highest BCUT2D eigenvalue weighted by molar-refractivity contribution is 7.85. The van der Waals surface area contributed by atoms with E-state index in [1.165, 1.54) is 0 Å². The van der Waals surface area contributed by atoms with Gasteiger partial charge >= 0.3 is 5.97 Å². The Balaban J connectivity index is 2.02. The minimum absolute atomic E-state index is 0.0842. The lowest BCUT2D eigenvalue weighted by atomic mass is 10.1. The molecule has 2 aliphatic rings. The third-order valence-electron chi connectivity index (χ3n) is 3.85. The average molecular weight is 259 g/mol. The summed E-state index contributed by atoms with van der Waals surface area (Å²) in [6, 6.07) is 0. The van der Waals surface area contributed by atoms with Crippen LogP contribution in [-0.4, -0.2) is 50.7 Å². The molecule has 0 unspecified atom stereocenters. The van der Waals surface area contributed by atoms with Crippen LogP contribution in [0.3, 0.4) is 0 Å². The topological polar surface area (TPSA) is 74.7 Å². The van der Waals surface area contributed by atoms with Crippen LogP contribution in [0.5, 0.6) is 0 Å². The lowest BCUT2D eigenvalue weighted by molar-refractivity contribution is -0.142. The molecule has 2 fully saturated rings. The monoisotopic (exact) mass is 259 g/mol. The quantitative estimate of drug-likeness (QED) is 0.753. The van der Waals surface area contributed by atoms with E-state index in [2.05, 4.69) is 0 Å². The van der Waals surface area contributed by atoms with Crippen molar-refractivity contribution in [3.8, 4) is 0 Å². The molecule has 1 saturated heterocycles. The van der Waals surface area contributed by atoms with Crippen LogP contribution in [0.4, 0.5) is 0 Å². The molecule has 1 aliphatic carbocycles. The van der Waals surface area contributed by atoms with Crippen molar-refractivity contribution in [2.45, 2.75) is 13.8 Å². The number of carboxylic acids is 1. The molecular weight excluding hydrogens is 242 g/mol. The molecule has 2 atom stereocenters. The van der Waals surface area contributed by atoms with Crippen molar-refractivity contribution in [2.24, 2.45) is 17.3 Å². The van der Waals surface area contributed by atoms with Crippen LogP contribution >= 0.6 is 0 Å². The molecule has 1 heterocycles. The fourth-order valence-corrected chi connectivity index (χ4v) is 3.67. The van der Waals surface area contributed by atoms with Crippen molar-refractivity contribution in [1.82, 2.24) is 4.90 Å². The van der Waals surface area contributed by atoms with E-state index in [0.29, 0.717) is 24.6 Å². The molecule has 1 amide bonds. The number of carboxylic acid groups (broad SMARTS) is 1. The predicted molar refractivity (Wildman–Crippen MR) is 62.9 cm³/mol. The summed E-state index contributed by atoms with van der Waals surface area (Å²) in [5, 5.41) is 9.03. The van der Waals surface area contributed by atoms with Crippen molar-refractivity contribution in [1.29, 1.82) is 0 Å². The minimum atomic E-state index is -0.895. The van der Waals surface area contributed by atoms with Crippen LogP contribution in [0.1, 0.15) is 13.8 Å². The van der Waals surface area contributed by atoms with Crippen molar-refractivity contribution >= 4 is 22.7 Å². The molecule has 17 heavy (non-hydrogen) atoms. The first-order valence-corrected chi connectivity index (χ1v) is 7.21. The summed E-state index contributed by atoms with van der Waals surface area (Å²) in [6.45, 7) is 4.61. The predicted octanol–water partition coefficient (Wildman–Crippen LogP) is -0.0659. The highest BCUT2D eigenvalue weighted by atomic mass is 32.2. The molecule has 1 N–H and O–H groups in total. The number of hydrogen-bond acceptors (Lipinski definition) is 3. The zero-order valence-electron chi connectivity index (χ0n) is 10.0. The van der Waals surface area contributed by atoms with E-state index < -0.39 is 34.0 Å². The van der Waals surface area contributed by atoms with E-state index in [4.69, 9.17) is 5.11 Å². The van der Waals surface area contributed by atoms with Crippen LogP contribution in [-0.2, 0) is 20.4 Å². The van der Waals surface area contributed by atoms with E-state index in [-0.39, 0.29) is 5.91 Å². The Hall–Kier alpha value is -0.910. The van der Waals surface area contributed by atoms with Gasteiger partial charge < -0.3 is 10.0 Å². The Morgan fingerprint density at radius 2 is 1.76 bits per heavy atom. The first-order chi connectivity index (χ1) is 7.85. The number of aliphatic carboxylic acids is 1. The number of carbonyl (C=O) groups excluding carboxylic acids is 1. The van der Waals surface area contributed by atoms with E-state index in [1.807, 2.05) is 13.8 Å². The molecule has 0 spiro atoms. The summed E-state index contributed by atoms with van der Waals surface area (Å²) in [6.07, 6.45) is 0. The largest absolute Gasteiger partial charge is 0.481 e. The Bertz CT molecular complexity index is 383. The van der Waals surface area contributed by atoms with Gasteiger partial charge in [0.1, 0.15) is 0 Å². The lowest BCUT2D eigenvalue weighted by Gasteiger charge is -2.27. The van der Waals surface area contributed by atoms with Gasteiger partial charge in [0, 0.05) is 35.4 Å². The number of nitrogens with zero attached hydrogens (tertiary/aromatic N) is 1. The standard InChI is InChI=1S/C11H17NO4S/c1-11(2)7(8(11)10(14)15)9(13)12-3-5-17(16)6-4-12/h7-8H,3-6H2,1-2H3,(H,14,15)/t7-,8+/m1/s1. The van der Waals surface area contributed by atoms with Crippen LogP contribution in [0.2, 0.25) is 0 Å². The van der Waals surface area contributed by atoms with Crippen molar-refractivity contribution in [3.05, 3.63) is 0 Å².